The van der Waals surface area contributed by atoms with Crippen molar-refractivity contribution in [1.29, 1.82) is 0 Å². The van der Waals surface area contributed by atoms with Gasteiger partial charge in [-0.2, -0.15) is 0 Å². The second-order valence-electron chi connectivity index (χ2n) is 8.92. The lowest BCUT2D eigenvalue weighted by Crippen LogP contribution is -2.58. The van der Waals surface area contributed by atoms with Crippen LogP contribution in [0, 0.1) is 0 Å². The number of aliphatic hydroxyl groups excluding tert-OH is 1. The van der Waals surface area contributed by atoms with Crippen LogP contribution in [0.3, 0.4) is 0 Å². The number of likely N-dealkylation sites (tertiary alicyclic amines) is 1. The molecule has 0 saturated carbocycles. The summed E-state index contributed by atoms with van der Waals surface area (Å²) in [5.74, 6) is -0.136. The van der Waals surface area contributed by atoms with Gasteiger partial charge in [-0.25, -0.2) is 0 Å². The van der Waals surface area contributed by atoms with E-state index in [4.69, 9.17) is 0 Å². The van der Waals surface area contributed by atoms with Crippen LogP contribution in [0.15, 0.2) is 53.0 Å². The van der Waals surface area contributed by atoms with Crippen molar-refractivity contribution >= 4 is 27.7 Å². The molecule has 0 radical (unpaired) electrons. The van der Waals surface area contributed by atoms with Crippen LogP contribution in [0.4, 0.5) is 0 Å². The Morgan fingerprint density at radius 2 is 1.91 bits per heavy atom. The average Bonchev–Trinajstić information content (AvgIpc) is 2.85. The zero-order valence-corrected chi connectivity index (χ0v) is 21.4. The van der Waals surface area contributed by atoms with Crippen molar-refractivity contribution in [3.05, 3.63) is 64.1 Å². The van der Waals surface area contributed by atoms with Crippen LogP contribution < -0.4 is 5.32 Å². The topological polar surface area (TPSA) is 89.9 Å². The number of phenols is 1. The van der Waals surface area contributed by atoms with E-state index >= 15 is 0 Å². The summed E-state index contributed by atoms with van der Waals surface area (Å²) in [6.45, 7) is 2.99. The SMILES string of the molecule is CCCCCCN1C(=O)CCC(C(=O)NCCCO)(c2ccccc2)C1c1cc(Br)ccc1O. The molecule has 2 aromatic rings. The lowest BCUT2D eigenvalue weighted by atomic mass is 9.65. The first-order valence-electron chi connectivity index (χ1n) is 12.2. The fourth-order valence-electron chi connectivity index (χ4n) is 4.98. The summed E-state index contributed by atoms with van der Waals surface area (Å²) in [4.78, 5) is 29.1. The molecule has 7 heteroatoms. The van der Waals surface area contributed by atoms with E-state index < -0.39 is 11.5 Å². The molecule has 0 aromatic heterocycles. The summed E-state index contributed by atoms with van der Waals surface area (Å²) in [7, 11) is 0. The first-order chi connectivity index (χ1) is 16.5. The molecule has 1 aliphatic rings. The van der Waals surface area contributed by atoms with Gasteiger partial charge in [0.05, 0.1) is 11.5 Å². The van der Waals surface area contributed by atoms with Crippen LogP contribution in [0.25, 0.3) is 0 Å². The number of unbranched alkanes of at least 4 members (excludes halogenated alkanes) is 3. The molecular formula is C27H35BrN2O4. The number of aromatic hydroxyl groups is 1. The average molecular weight is 531 g/mol. The third-order valence-electron chi connectivity index (χ3n) is 6.68. The van der Waals surface area contributed by atoms with Gasteiger partial charge >= 0.3 is 0 Å². The molecule has 1 aliphatic heterocycles. The number of piperidine rings is 1. The van der Waals surface area contributed by atoms with E-state index in [9.17, 15) is 19.8 Å². The molecule has 2 unspecified atom stereocenters. The van der Waals surface area contributed by atoms with Gasteiger partial charge in [-0.05, 0) is 43.0 Å². The van der Waals surface area contributed by atoms with Crippen LogP contribution in [-0.4, -0.2) is 46.6 Å². The lowest BCUT2D eigenvalue weighted by Gasteiger charge is -2.49. The molecule has 2 aromatic carbocycles. The van der Waals surface area contributed by atoms with E-state index in [1.165, 1.54) is 0 Å². The third kappa shape index (κ3) is 5.63. The van der Waals surface area contributed by atoms with Gasteiger partial charge in [0.15, 0.2) is 0 Å². The van der Waals surface area contributed by atoms with Crippen LogP contribution in [0.1, 0.15) is 69.0 Å². The van der Waals surface area contributed by atoms with E-state index in [1.54, 1.807) is 17.0 Å². The molecule has 3 N–H and O–H groups in total. The van der Waals surface area contributed by atoms with Crippen LogP contribution in [0.2, 0.25) is 0 Å². The quantitative estimate of drug-likeness (QED) is 0.362. The number of benzene rings is 2. The Balaban J connectivity index is 2.17. The molecule has 0 spiro atoms. The van der Waals surface area contributed by atoms with Crippen molar-refractivity contribution < 1.29 is 19.8 Å². The van der Waals surface area contributed by atoms with Gasteiger partial charge in [0.1, 0.15) is 5.75 Å². The highest BCUT2D eigenvalue weighted by Gasteiger charge is 2.54. The largest absolute Gasteiger partial charge is 0.508 e. The smallest absolute Gasteiger partial charge is 0.233 e. The molecule has 1 saturated heterocycles. The Bertz CT molecular complexity index is 968. The van der Waals surface area contributed by atoms with Crippen molar-refractivity contribution in [2.75, 3.05) is 19.7 Å². The molecule has 184 valence electrons. The Morgan fingerprint density at radius 3 is 2.62 bits per heavy atom. The predicted molar refractivity (Wildman–Crippen MR) is 136 cm³/mol. The van der Waals surface area contributed by atoms with E-state index in [0.29, 0.717) is 31.5 Å². The minimum Gasteiger partial charge on any atom is -0.508 e. The van der Waals surface area contributed by atoms with Gasteiger partial charge < -0.3 is 20.4 Å². The van der Waals surface area contributed by atoms with Gasteiger partial charge in [0.25, 0.3) is 0 Å². The van der Waals surface area contributed by atoms with Gasteiger partial charge in [0, 0.05) is 36.2 Å². The maximum absolute atomic E-state index is 14.0. The molecule has 2 amide bonds. The molecule has 0 aliphatic carbocycles. The van der Waals surface area contributed by atoms with E-state index in [0.717, 1.165) is 35.7 Å². The number of hydrogen-bond donors (Lipinski definition) is 3. The Hall–Kier alpha value is -2.38. The molecule has 3 rings (SSSR count). The zero-order valence-electron chi connectivity index (χ0n) is 19.8. The van der Waals surface area contributed by atoms with Crippen molar-refractivity contribution in [2.24, 2.45) is 0 Å². The number of rotatable bonds is 11. The van der Waals surface area contributed by atoms with E-state index in [1.807, 2.05) is 36.4 Å². The minimum absolute atomic E-state index is 0.00408. The Morgan fingerprint density at radius 1 is 1.15 bits per heavy atom. The minimum atomic E-state index is -1.08. The maximum atomic E-state index is 14.0. The summed E-state index contributed by atoms with van der Waals surface area (Å²) in [5, 5.41) is 23.2. The van der Waals surface area contributed by atoms with Crippen molar-refractivity contribution in [1.82, 2.24) is 10.2 Å². The third-order valence-corrected chi connectivity index (χ3v) is 7.18. The summed E-state index contributed by atoms with van der Waals surface area (Å²) in [6, 6.07) is 14.1. The summed E-state index contributed by atoms with van der Waals surface area (Å²) < 4.78 is 0.770. The molecule has 0 bridgehead atoms. The van der Waals surface area contributed by atoms with Gasteiger partial charge in [-0.1, -0.05) is 72.4 Å². The fourth-order valence-corrected chi connectivity index (χ4v) is 5.36. The second kappa shape index (κ2) is 12.4. The number of carbonyl (C=O) groups excluding carboxylic acids is 2. The zero-order chi connectivity index (χ0) is 24.6. The number of phenolic OH excluding ortho intramolecular Hbond substituents is 1. The van der Waals surface area contributed by atoms with Crippen LogP contribution >= 0.6 is 15.9 Å². The molecule has 1 fully saturated rings. The number of carbonyl (C=O) groups is 2. The van der Waals surface area contributed by atoms with E-state index in [-0.39, 0.29) is 30.6 Å². The second-order valence-corrected chi connectivity index (χ2v) is 9.84. The number of nitrogens with zero attached hydrogens (tertiary/aromatic N) is 1. The first kappa shape index (κ1) is 26.2. The van der Waals surface area contributed by atoms with Crippen molar-refractivity contribution in [3.8, 4) is 5.75 Å². The van der Waals surface area contributed by atoms with Gasteiger partial charge in [-0.3, -0.25) is 9.59 Å². The summed E-state index contributed by atoms with van der Waals surface area (Å²) in [5.41, 5.74) is 0.291. The highest BCUT2D eigenvalue weighted by Crippen LogP contribution is 2.51. The molecule has 2 atom stereocenters. The molecular weight excluding hydrogens is 496 g/mol. The van der Waals surface area contributed by atoms with Crippen LogP contribution in [0.5, 0.6) is 5.75 Å². The van der Waals surface area contributed by atoms with E-state index in [2.05, 4.69) is 28.2 Å². The number of halogens is 1. The standard InChI is InChI=1S/C27H35BrN2O4/c1-2-3-4-8-17-30-24(33)14-15-27(20-10-6-5-7-11-20,26(34)29-16-9-18-31)25(30)22-19-21(28)12-13-23(22)32/h5-7,10-13,19,25,31-32H,2-4,8-9,14-18H2,1H3,(H,29,34). The monoisotopic (exact) mass is 530 g/mol. The van der Waals surface area contributed by atoms with Crippen molar-refractivity contribution in [2.45, 2.75) is 63.3 Å². The van der Waals surface area contributed by atoms with Crippen molar-refractivity contribution in [3.63, 3.8) is 0 Å². The molecule has 1 heterocycles. The number of aliphatic hydroxyl groups is 1. The lowest BCUT2D eigenvalue weighted by molar-refractivity contribution is -0.146. The summed E-state index contributed by atoms with van der Waals surface area (Å²) >= 11 is 3.51. The normalized spacial score (nSPS) is 20.4. The Labute approximate surface area is 210 Å². The fraction of sp³-hybridized carbons (Fsp3) is 0.481. The van der Waals surface area contributed by atoms with Gasteiger partial charge in [0.2, 0.25) is 11.8 Å². The van der Waals surface area contributed by atoms with Crippen LogP contribution in [-0.2, 0) is 15.0 Å². The predicted octanol–water partition coefficient (Wildman–Crippen LogP) is 4.84. The van der Waals surface area contributed by atoms with Gasteiger partial charge in [-0.15, -0.1) is 0 Å². The molecule has 34 heavy (non-hydrogen) atoms. The molecule has 6 nitrogen and oxygen atoms in total. The summed E-state index contributed by atoms with van der Waals surface area (Å²) in [6.07, 6.45) is 5.04. The highest BCUT2D eigenvalue weighted by atomic mass is 79.9. The number of hydrogen-bond acceptors (Lipinski definition) is 4. The first-order valence-corrected chi connectivity index (χ1v) is 13.0. The highest BCUT2D eigenvalue weighted by molar-refractivity contribution is 9.10. The number of amides is 2. The number of nitrogens with one attached hydrogen (secondary N) is 1. The Kier molecular flexibility index (Phi) is 9.54. The maximum Gasteiger partial charge on any atom is 0.233 e.